The Hall–Kier alpha value is -2.91. The number of halogens is 5. The van der Waals surface area contributed by atoms with Crippen LogP contribution in [0.5, 0.6) is 0 Å². The van der Waals surface area contributed by atoms with Crippen molar-refractivity contribution in [3.05, 3.63) is 76.3 Å². The maximum atomic E-state index is 14.7. The van der Waals surface area contributed by atoms with Gasteiger partial charge in [-0.1, -0.05) is 36.2 Å². The van der Waals surface area contributed by atoms with Gasteiger partial charge in [-0.15, -0.1) is 0 Å². The van der Waals surface area contributed by atoms with E-state index in [9.17, 15) is 22.4 Å². The van der Waals surface area contributed by atoms with E-state index in [1.54, 1.807) is 30.1 Å². The van der Waals surface area contributed by atoms with Gasteiger partial charge in [0.1, 0.15) is 0 Å². The van der Waals surface area contributed by atoms with Gasteiger partial charge in [-0.3, -0.25) is 9.48 Å². The summed E-state index contributed by atoms with van der Waals surface area (Å²) in [4.78, 5) is 13.1. The van der Waals surface area contributed by atoms with Crippen LogP contribution in [0.2, 0.25) is 5.02 Å². The van der Waals surface area contributed by atoms with Gasteiger partial charge in [0.05, 0.1) is 28.4 Å². The zero-order valence-corrected chi connectivity index (χ0v) is 19.1. The predicted molar refractivity (Wildman–Crippen MR) is 121 cm³/mol. The number of hydrogen-bond acceptors (Lipinski definition) is 3. The van der Waals surface area contributed by atoms with Crippen molar-refractivity contribution in [3.8, 4) is 11.1 Å². The first-order valence-corrected chi connectivity index (χ1v) is 11.2. The van der Waals surface area contributed by atoms with Crippen LogP contribution >= 0.6 is 11.6 Å². The van der Waals surface area contributed by atoms with Gasteiger partial charge in [-0.25, -0.2) is 4.39 Å². The number of nitrogens with zero attached hydrogens (tertiary/aromatic N) is 2. The zero-order valence-electron chi connectivity index (χ0n) is 18.3. The van der Waals surface area contributed by atoms with Gasteiger partial charge >= 0.3 is 6.18 Å². The molecule has 2 N–H and O–H groups in total. The molecular weight excluding hydrogens is 472 g/mol. The first-order chi connectivity index (χ1) is 16.1. The Morgan fingerprint density at radius 3 is 2.68 bits per heavy atom. The van der Waals surface area contributed by atoms with Crippen molar-refractivity contribution in [2.45, 2.75) is 37.5 Å². The van der Waals surface area contributed by atoms with E-state index in [1.807, 2.05) is 18.3 Å². The molecule has 0 aliphatic carbocycles. The highest BCUT2D eigenvalue weighted by Crippen LogP contribution is 2.36. The highest BCUT2D eigenvalue weighted by molar-refractivity contribution is 6.31. The van der Waals surface area contributed by atoms with Crippen molar-refractivity contribution in [1.82, 2.24) is 20.4 Å². The molecule has 0 unspecified atom stereocenters. The van der Waals surface area contributed by atoms with Crippen LogP contribution < -0.4 is 10.6 Å². The number of aromatic nitrogens is 2. The first kappa shape index (κ1) is 24.2. The summed E-state index contributed by atoms with van der Waals surface area (Å²) >= 11 is 5.73. The molecule has 10 heteroatoms. The van der Waals surface area contributed by atoms with Crippen LogP contribution in [0, 0.1) is 5.82 Å². The molecule has 34 heavy (non-hydrogen) atoms. The largest absolute Gasteiger partial charge is 0.417 e. The number of nitrogens with one attached hydrogen (secondary N) is 2. The number of carbonyl (C=O) groups is 1. The molecule has 1 saturated heterocycles. The van der Waals surface area contributed by atoms with Crippen LogP contribution in [0.25, 0.3) is 11.1 Å². The lowest BCUT2D eigenvalue weighted by Gasteiger charge is -2.33. The standard InChI is InChI=1S/C24H23ClF4N4O/c1-33-13-16(12-31-33)14-5-4-6-15(11-14)22(19-7-2-3-10-30-19)32-23(34)20-17(24(27,28)29)8-9-18(25)21(20)26/h4-6,8-9,11-13,19,22,30H,2-3,7,10H2,1H3,(H,32,34)/t19-,22-/m0/s1. The third kappa shape index (κ3) is 5.10. The summed E-state index contributed by atoms with van der Waals surface area (Å²) in [5.41, 5.74) is -0.0995. The molecule has 0 bridgehead atoms. The molecule has 2 atom stereocenters. The minimum absolute atomic E-state index is 0.238. The minimum atomic E-state index is -4.92. The first-order valence-electron chi connectivity index (χ1n) is 10.8. The Balaban J connectivity index is 1.73. The number of piperidine rings is 1. The zero-order chi connectivity index (χ0) is 24.5. The van der Waals surface area contributed by atoms with Gasteiger partial charge in [0.15, 0.2) is 5.82 Å². The van der Waals surface area contributed by atoms with Gasteiger partial charge in [-0.2, -0.15) is 18.3 Å². The third-order valence-corrected chi connectivity index (χ3v) is 6.24. The van der Waals surface area contributed by atoms with Gasteiger partial charge in [-0.05, 0) is 48.7 Å². The van der Waals surface area contributed by atoms with E-state index >= 15 is 0 Å². The molecule has 2 aromatic carbocycles. The molecule has 1 amide bonds. The second-order valence-electron chi connectivity index (χ2n) is 8.32. The second-order valence-corrected chi connectivity index (χ2v) is 8.72. The Kier molecular flexibility index (Phi) is 6.95. The summed E-state index contributed by atoms with van der Waals surface area (Å²) in [6.45, 7) is 0.707. The Morgan fingerprint density at radius 1 is 1.24 bits per heavy atom. The highest BCUT2D eigenvalue weighted by atomic mass is 35.5. The lowest BCUT2D eigenvalue weighted by Crippen LogP contribution is -2.46. The Labute approximate surface area is 199 Å². The number of benzene rings is 2. The molecule has 180 valence electrons. The van der Waals surface area contributed by atoms with E-state index in [0.29, 0.717) is 24.6 Å². The molecule has 4 rings (SSSR count). The molecule has 5 nitrogen and oxygen atoms in total. The Morgan fingerprint density at radius 2 is 2.03 bits per heavy atom. The molecule has 0 radical (unpaired) electrons. The van der Waals surface area contributed by atoms with Crippen molar-refractivity contribution in [1.29, 1.82) is 0 Å². The molecule has 2 heterocycles. The summed E-state index contributed by atoms with van der Waals surface area (Å²) in [6, 6.07) is 7.83. The van der Waals surface area contributed by atoms with Crippen molar-refractivity contribution in [2.24, 2.45) is 7.05 Å². The summed E-state index contributed by atoms with van der Waals surface area (Å²) in [5.74, 6) is -2.56. The summed E-state index contributed by atoms with van der Waals surface area (Å²) in [7, 11) is 1.79. The highest BCUT2D eigenvalue weighted by Gasteiger charge is 2.38. The van der Waals surface area contributed by atoms with Crippen LogP contribution in [0.1, 0.15) is 46.8 Å². The quantitative estimate of drug-likeness (QED) is 0.460. The lowest BCUT2D eigenvalue weighted by molar-refractivity contribution is -0.138. The van der Waals surface area contributed by atoms with E-state index in [1.165, 1.54) is 0 Å². The molecule has 0 spiro atoms. The fraction of sp³-hybridized carbons (Fsp3) is 0.333. The molecule has 1 aromatic heterocycles. The van der Waals surface area contributed by atoms with Crippen molar-refractivity contribution < 1.29 is 22.4 Å². The number of rotatable bonds is 5. The van der Waals surface area contributed by atoms with Crippen molar-refractivity contribution in [2.75, 3.05) is 6.54 Å². The number of aryl methyl sites for hydroxylation is 1. The Bertz CT molecular complexity index is 1190. The number of hydrogen-bond donors (Lipinski definition) is 2. The van der Waals surface area contributed by atoms with Gasteiger partial charge in [0.2, 0.25) is 0 Å². The predicted octanol–water partition coefficient (Wildman–Crippen LogP) is 5.51. The average Bonchev–Trinajstić information content (AvgIpc) is 3.25. The van der Waals surface area contributed by atoms with E-state index in [-0.39, 0.29) is 6.04 Å². The van der Waals surface area contributed by atoms with Crippen LogP contribution in [-0.2, 0) is 13.2 Å². The number of carbonyl (C=O) groups excluding carboxylic acids is 1. The maximum absolute atomic E-state index is 14.7. The molecule has 1 aliphatic rings. The SMILES string of the molecule is Cn1cc(-c2cccc([C@H](NC(=O)c3c(C(F)(F)F)ccc(Cl)c3F)[C@@H]3CCCCN3)c2)cn1. The monoisotopic (exact) mass is 494 g/mol. The maximum Gasteiger partial charge on any atom is 0.417 e. The van der Waals surface area contributed by atoms with Crippen molar-refractivity contribution >= 4 is 17.5 Å². The van der Waals surface area contributed by atoms with Crippen LogP contribution in [0.15, 0.2) is 48.8 Å². The average molecular weight is 495 g/mol. The summed E-state index contributed by atoms with van der Waals surface area (Å²) in [5, 5.41) is 9.62. The van der Waals surface area contributed by atoms with Gasteiger partial charge in [0, 0.05) is 24.8 Å². The van der Waals surface area contributed by atoms with E-state index < -0.39 is 40.1 Å². The molecular formula is C24H23ClF4N4O. The molecule has 1 fully saturated rings. The van der Waals surface area contributed by atoms with E-state index in [0.717, 1.165) is 30.0 Å². The van der Waals surface area contributed by atoms with E-state index in [2.05, 4.69) is 15.7 Å². The molecule has 1 aliphatic heterocycles. The van der Waals surface area contributed by atoms with Crippen LogP contribution in [0.4, 0.5) is 17.6 Å². The van der Waals surface area contributed by atoms with E-state index in [4.69, 9.17) is 11.6 Å². The summed E-state index contributed by atoms with van der Waals surface area (Å²) < 4.78 is 57.1. The fourth-order valence-electron chi connectivity index (χ4n) is 4.28. The smallest absolute Gasteiger partial charge is 0.344 e. The van der Waals surface area contributed by atoms with Crippen LogP contribution in [0.3, 0.4) is 0 Å². The normalized spacial score (nSPS) is 17.4. The number of alkyl halides is 3. The minimum Gasteiger partial charge on any atom is -0.344 e. The van der Waals surface area contributed by atoms with Crippen LogP contribution in [-0.4, -0.2) is 28.3 Å². The van der Waals surface area contributed by atoms with Gasteiger partial charge < -0.3 is 10.6 Å². The number of amides is 1. The lowest BCUT2D eigenvalue weighted by atomic mass is 9.90. The summed E-state index contributed by atoms with van der Waals surface area (Å²) in [6.07, 6.45) is 1.16. The van der Waals surface area contributed by atoms with Crippen molar-refractivity contribution in [3.63, 3.8) is 0 Å². The third-order valence-electron chi connectivity index (χ3n) is 5.95. The topological polar surface area (TPSA) is 59.0 Å². The molecule has 0 saturated carbocycles. The second kappa shape index (κ2) is 9.76. The van der Waals surface area contributed by atoms with Gasteiger partial charge in [0.25, 0.3) is 5.91 Å². The fourth-order valence-corrected chi connectivity index (χ4v) is 4.44. The molecule has 3 aromatic rings.